The van der Waals surface area contributed by atoms with Crippen LogP contribution in [0.2, 0.25) is 5.02 Å². The predicted molar refractivity (Wildman–Crippen MR) is 131 cm³/mol. The van der Waals surface area contributed by atoms with Gasteiger partial charge >= 0.3 is 0 Å². The van der Waals surface area contributed by atoms with Crippen molar-refractivity contribution in [3.8, 4) is 0 Å². The van der Waals surface area contributed by atoms with E-state index in [1.54, 1.807) is 6.92 Å². The number of nitrogens with zero attached hydrogens (tertiary/aromatic N) is 4. The smallest absolute Gasteiger partial charge is 0.219 e. The average molecular weight is 451 g/mol. The van der Waals surface area contributed by atoms with Crippen molar-refractivity contribution >= 4 is 34.1 Å². The molecule has 0 aliphatic carbocycles. The average Bonchev–Trinajstić information content (AvgIpc) is 3.13. The van der Waals surface area contributed by atoms with Crippen LogP contribution in [0.5, 0.6) is 0 Å². The molecule has 1 aromatic heterocycles. The van der Waals surface area contributed by atoms with Crippen LogP contribution >= 0.6 is 11.6 Å². The fraction of sp³-hybridized carbons (Fsp3) is 0.423. The molecular weight excluding hydrogens is 420 g/mol. The number of carbonyl (C=O) groups is 1. The number of hydrogen-bond donors (Lipinski definition) is 0. The van der Waals surface area contributed by atoms with Gasteiger partial charge in [-0.15, -0.1) is 0 Å². The molecular formula is C26H31ClN4O. The van der Waals surface area contributed by atoms with Crippen molar-refractivity contribution in [2.24, 2.45) is 0 Å². The maximum Gasteiger partial charge on any atom is 0.219 e. The standard InChI is InChI=1S/C26H31ClN4O/c1-20(32)30-13-10-24-23-8-2-3-9-25(23)31(26(24)19-30)12-5-11-28-14-16-29(17-15-28)22-7-4-6-21(27)18-22/h2-4,6-9,18H,5,10-17,19H2,1H3. The van der Waals surface area contributed by atoms with Gasteiger partial charge in [0.15, 0.2) is 0 Å². The molecule has 5 rings (SSSR count). The molecule has 0 radical (unpaired) electrons. The van der Waals surface area contributed by atoms with Crippen molar-refractivity contribution in [2.45, 2.75) is 32.9 Å². The predicted octanol–water partition coefficient (Wildman–Crippen LogP) is 4.41. The zero-order valence-corrected chi connectivity index (χ0v) is 19.5. The van der Waals surface area contributed by atoms with Gasteiger partial charge in [0.1, 0.15) is 0 Å². The molecule has 3 heterocycles. The molecule has 0 N–H and O–H groups in total. The van der Waals surface area contributed by atoms with Crippen molar-refractivity contribution in [1.29, 1.82) is 0 Å². The number of aromatic nitrogens is 1. The monoisotopic (exact) mass is 450 g/mol. The molecule has 3 aromatic rings. The molecule has 1 fully saturated rings. The minimum atomic E-state index is 0.171. The summed E-state index contributed by atoms with van der Waals surface area (Å²) in [4.78, 5) is 19.0. The number of anilines is 1. The van der Waals surface area contributed by atoms with E-state index in [1.807, 2.05) is 17.0 Å². The number of fused-ring (bicyclic) bond motifs is 3. The number of amides is 1. The first-order chi connectivity index (χ1) is 15.6. The second kappa shape index (κ2) is 9.16. The minimum absolute atomic E-state index is 0.171. The van der Waals surface area contributed by atoms with Crippen molar-refractivity contribution in [3.63, 3.8) is 0 Å². The number of halogens is 1. The number of hydrogen-bond acceptors (Lipinski definition) is 3. The summed E-state index contributed by atoms with van der Waals surface area (Å²) in [5, 5.41) is 2.16. The van der Waals surface area contributed by atoms with Crippen LogP contribution in [0.4, 0.5) is 5.69 Å². The summed E-state index contributed by atoms with van der Waals surface area (Å²) in [6, 6.07) is 16.9. The molecule has 0 bridgehead atoms. The van der Waals surface area contributed by atoms with E-state index in [0.29, 0.717) is 0 Å². The highest BCUT2D eigenvalue weighted by Gasteiger charge is 2.25. The van der Waals surface area contributed by atoms with Crippen LogP contribution in [0.3, 0.4) is 0 Å². The fourth-order valence-electron chi connectivity index (χ4n) is 5.27. The molecule has 2 aromatic carbocycles. The largest absolute Gasteiger partial charge is 0.369 e. The molecule has 5 nitrogen and oxygen atoms in total. The topological polar surface area (TPSA) is 31.7 Å². The Bertz CT molecular complexity index is 1120. The SMILES string of the molecule is CC(=O)N1CCc2c(n(CCCN3CCN(c4cccc(Cl)c4)CC3)c3ccccc23)C1. The molecule has 0 atom stereocenters. The zero-order chi connectivity index (χ0) is 22.1. The summed E-state index contributed by atoms with van der Waals surface area (Å²) in [6.07, 6.45) is 2.07. The van der Waals surface area contributed by atoms with Gasteiger partial charge in [-0.1, -0.05) is 35.9 Å². The number of carbonyl (C=O) groups excluding carboxylic acids is 1. The molecule has 168 valence electrons. The lowest BCUT2D eigenvalue weighted by molar-refractivity contribution is -0.129. The molecule has 0 unspecified atom stereocenters. The maximum absolute atomic E-state index is 12.0. The van der Waals surface area contributed by atoms with Crippen LogP contribution in [0, 0.1) is 0 Å². The zero-order valence-electron chi connectivity index (χ0n) is 18.8. The third-order valence-electron chi connectivity index (χ3n) is 7.01. The maximum atomic E-state index is 12.0. The number of aryl methyl sites for hydroxylation is 1. The highest BCUT2D eigenvalue weighted by atomic mass is 35.5. The molecule has 6 heteroatoms. The van der Waals surface area contributed by atoms with E-state index in [0.717, 1.165) is 70.2 Å². The first kappa shape index (κ1) is 21.4. The normalized spacial score (nSPS) is 17.1. The molecule has 1 saturated heterocycles. The van der Waals surface area contributed by atoms with E-state index >= 15 is 0 Å². The van der Waals surface area contributed by atoms with Crippen molar-refractivity contribution in [2.75, 3.05) is 44.2 Å². The highest BCUT2D eigenvalue weighted by molar-refractivity contribution is 6.30. The van der Waals surface area contributed by atoms with Crippen LogP contribution in [-0.2, 0) is 24.3 Å². The number of piperazine rings is 1. The van der Waals surface area contributed by atoms with Gasteiger partial charge in [0.05, 0.1) is 6.54 Å². The lowest BCUT2D eigenvalue weighted by Crippen LogP contribution is -2.46. The van der Waals surface area contributed by atoms with E-state index in [1.165, 1.54) is 27.8 Å². The molecule has 2 aliphatic heterocycles. The van der Waals surface area contributed by atoms with Crippen molar-refractivity contribution < 1.29 is 4.79 Å². The first-order valence-corrected chi connectivity index (χ1v) is 12.1. The first-order valence-electron chi connectivity index (χ1n) is 11.7. The van der Waals surface area contributed by atoms with Gasteiger partial charge in [-0.2, -0.15) is 0 Å². The number of para-hydroxylation sites is 1. The van der Waals surface area contributed by atoms with E-state index in [9.17, 15) is 4.79 Å². The minimum Gasteiger partial charge on any atom is -0.369 e. The van der Waals surface area contributed by atoms with Gasteiger partial charge in [0.25, 0.3) is 0 Å². The molecule has 32 heavy (non-hydrogen) atoms. The lowest BCUT2D eigenvalue weighted by atomic mass is 10.0. The number of benzene rings is 2. The lowest BCUT2D eigenvalue weighted by Gasteiger charge is -2.36. The quantitative estimate of drug-likeness (QED) is 0.577. The van der Waals surface area contributed by atoms with Crippen LogP contribution in [0.1, 0.15) is 24.6 Å². The Balaban J connectivity index is 1.23. The highest BCUT2D eigenvalue weighted by Crippen LogP contribution is 2.31. The van der Waals surface area contributed by atoms with Gasteiger partial charge in [-0.25, -0.2) is 0 Å². The van der Waals surface area contributed by atoms with Crippen LogP contribution < -0.4 is 4.90 Å². The summed E-state index contributed by atoms with van der Waals surface area (Å²) >= 11 is 6.17. The summed E-state index contributed by atoms with van der Waals surface area (Å²) in [7, 11) is 0. The van der Waals surface area contributed by atoms with Gasteiger partial charge in [-0.05, 0) is 49.2 Å². The molecule has 1 amide bonds. The van der Waals surface area contributed by atoms with Gasteiger partial charge < -0.3 is 14.4 Å². The number of rotatable bonds is 5. The fourth-order valence-corrected chi connectivity index (χ4v) is 5.46. The van der Waals surface area contributed by atoms with E-state index < -0.39 is 0 Å². The molecule has 0 saturated carbocycles. The third kappa shape index (κ3) is 4.24. The van der Waals surface area contributed by atoms with Gasteiger partial charge in [-0.3, -0.25) is 9.69 Å². The second-order valence-corrected chi connectivity index (χ2v) is 9.38. The molecule has 0 spiro atoms. The third-order valence-corrected chi connectivity index (χ3v) is 7.25. The van der Waals surface area contributed by atoms with Gasteiger partial charge in [0.2, 0.25) is 5.91 Å². The Morgan fingerprint density at radius 3 is 2.56 bits per heavy atom. The van der Waals surface area contributed by atoms with Crippen LogP contribution in [-0.4, -0.2) is 59.5 Å². The van der Waals surface area contributed by atoms with Crippen molar-refractivity contribution in [1.82, 2.24) is 14.4 Å². The van der Waals surface area contributed by atoms with E-state index in [4.69, 9.17) is 11.6 Å². The summed E-state index contributed by atoms with van der Waals surface area (Å²) in [5.74, 6) is 0.171. The summed E-state index contributed by atoms with van der Waals surface area (Å²) < 4.78 is 2.47. The summed E-state index contributed by atoms with van der Waals surface area (Å²) in [5.41, 5.74) is 5.30. The van der Waals surface area contributed by atoms with Gasteiger partial charge in [0, 0.05) is 73.5 Å². The Hall–Kier alpha value is -2.50. The van der Waals surface area contributed by atoms with Crippen LogP contribution in [0.15, 0.2) is 48.5 Å². The Morgan fingerprint density at radius 1 is 0.969 bits per heavy atom. The van der Waals surface area contributed by atoms with Crippen molar-refractivity contribution in [3.05, 3.63) is 64.8 Å². The van der Waals surface area contributed by atoms with E-state index in [-0.39, 0.29) is 5.91 Å². The Morgan fingerprint density at radius 2 is 1.78 bits per heavy atom. The summed E-state index contributed by atoms with van der Waals surface area (Å²) in [6.45, 7) is 9.57. The molecule has 2 aliphatic rings. The second-order valence-electron chi connectivity index (χ2n) is 8.95. The Labute approximate surface area is 195 Å². The van der Waals surface area contributed by atoms with Crippen LogP contribution in [0.25, 0.3) is 10.9 Å². The van der Waals surface area contributed by atoms with E-state index in [2.05, 4.69) is 50.8 Å². The Kier molecular flexibility index (Phi) is 6.11.